The molecule has 0 aliphatic carbocycles. The number of carbonyl (C=O) groups is 1. The molecule has 13 heteroatoms. The standard InChI is InChI=1S/C18H11ClF2O2.C18H9ClO2.CH2O3.2K.H/c19-12-9-13(20)17(11-6-2-4-8-15(11)23)18(21)16(12)10-5-1-3-7-14(10)22;19-12-9-15-17(11-6-2-3-7-13(11)20-15)18-16(12)10-5-1-4-8-14(10)21-18;2-1-4-3;;;/h1-9,22-23H;1-9H;1,3H;;;/q;;;2*+1;-1/p-1. The molecule has 0 spiro atoms. The van der Waals surface area contributed by atoms with Crippen molar-refractivity contribution in [2.45, 2.75) is 0 Å². The summed E-state index contributed by atoms with van der Waals surface area (Å²) in [4.78, 5) is 11.2. The molecule has 0 unspecified atom stereocenters. The third-order valence-corrected chi connectivity index (χ3v) is 8.09. The van der Waals surface area contributed by atoms with Gasteiger partial charge < -0.3 is 30.6 Å². The van der Waals surface area contributed by atoms with Crippen molar-refractivity contribution in [1.82, 2.24) is 0 Å². The Kier molecular flexibility index (Phi) is 14.5. The van der Waals surface area contributed by atoms with Gasteiger partial charge in [-0.15, -0.1) is 0 Å². The molecular weight excluding hydrogens is 743 g/mol. The molecule has 0 saturated heterocycles. The average Bonchev–Trinajstić information content (AvgIpc) is 3.65. The minimum atomic E-state index is -0.946. The predicted octanol–water partition coefficient (Wildman–Crippen LogP) is 4.06. The second kappa shape index (κ2) is 17.9. The van der Waals surface area contributed by atoms with Crippen LogP contribution >= 0.6 is 23.2 Å². The van der Waals surface area contributed by atoms with Gasteiger partial charge in [0.15, 0.2) is 0 Å². The van der Waals surface area contributed by atoms with Gasteiger partial charge in [-0.05, 0) is 30.3 Å². The van der Waals surface area contributed by atoms with Crippen LogP contribution in [0.4, 0.5) is 8.78 Å². The van der Waals surface area contributed by atoms with E-state index in [1.54, 1.807) is 24.3 Å². The Hall–Kier alpha value is -2.34. The molecule has 50 heavy (non-hydrogen) atoms. The van der Waals surface area contributed by atoms with Gasteiger partial charge in [0.1, 0.15) is 45.5 Å². The van der Waals surface area contributed by atoms with E-state index >= 15 is 0 Å². The van der Waals surface area contributed by atoms with E-state index in [1.165, 1.54) is 24.3 Å². The van der Waals surface area contributed by atoms with Gasteiger partial charge in [-0.2, -0.15) is 0 Å². The molecule has 6 aromatic carbocycles. The topological polar surface area (TPSA) is 116 Å². The van der Waals surface area contributed by atoms with E-state index in [2.05, 4.69) is 4.89 Å². The van der Waals surface area contributed by atoms with E-state index in [0.717, 1.165) is 49.9 Å². The first-order chi connectivity index (χ1) is 23.2. The van der Waals surface area contributed by atoms with Gasteiger partial charge in [0, 0.05) is 38.9 Å². The number of aromatic hydroxyl groups is 2. The predicted molar refractivity (Wildman–Crippen MR) is 180 cm³/mol. The Morgan fingerprint density at radius 1 is 0.660 bits per heavy atom. The summed E-state index contributed by atoms with van der Waals surface area (Å²) in [7, 11) is 0. The number of phenolic OH excluding ortho intramolecular Hbond substituents is 2. The Labute approximate surface area is 379 Å². The molecule has 7 nitrogen and oxygen atoms in total. The maximum absolute atomic E-state index is 15.0. The summed E-state index contributed by atoms with van der Waals surface area (Å²) in [6, 6.07) is 30.6. The fourth-order valence-corrected chi connectivity index (χ4v) is 6.07. The van der Waals surface area contributed by atoms with Crippen molar-refractivity contribution >= 4 is 73.6 Å². The monoisotopic (exact) mass is 764 g/mol. The molecule has 0 radical (unpaired) electrons. The molecule has 0 aliphatic heterocycles. The molecule has 2 N–H and O–H groups in total. The van der Waals surface area contributed by atoms with E-state index < -0.39 is 17.2 Å². The number of hydrogen-bond donors (Lipinski definition) is 2. The van der Waals surface area contributed by atoms with E-state index in [1.807, 2.05) is 54.6 Å². The van der Waals surface area contributed by atoms with Crippen LogP contribution in [0.25, 0.3) is 66.1 Å². The summed E-state index contributed by atoms with van der Waals surface area (Å²) in [5.74, 6) is -2.27. The van der Waals surface area contributed by atoms with Crippen LogP contribution in [0.1, 0.15) is 1.43 Å². The molecule has 2 aromatic heterocycles. The molecule has 0 saturated carbocycles. The van der Waals surface area contributed by atoms with Crippen molar-refractivity contribution in [3.63, 3.8) is 0 Å². The van der Waals surface area contributed by atoms with Crippen LogP contribution in [-0.2, 0) is 9.68 Å². The molecule has 0 bridgehead atoms. The number of hydrogen-bond acceptors (Lipinski definition) is 7. The number of furan rings is 2. The van der Waals surface area contributed by atoms with Crippen molar-refractivity contribution in [1.29, 1.82) is 0 Å². The molecule has 242 valence electrons. The SMILES string of the molecule is Clc1cc2oc3ccccc3c2c2oc3ccccc3c12.O=CO[O-].Oc1ccccc1-c1c(F)cc(Cl)c(-c2ccccc2O)c1F.[H-].[K+].[K+]. The fourth-order valence-electron chi connectivity index (χ4n) is 5.50. The van der Waals surface area contributed by atoms with Crippen LogP contribution in [-0.4, -0.2) is 16.7 Å². The molecule has 0 atom stereocenters. The van der Waals surface area contributed by atoms with Crippen LogP contribution in [0.15, 0.2) is 118 Å². The van der Waals surface area contributed by atoms with E-state index in [9.17, 15) is 19.0 Å². The zero-order valence-electron chi connectivity index (χ0n) is 27.4. The normalized spacial score (nSPS) is 10.4. The molecule has 8 aromatic rings. The van der Waals surface area contributed by atoms with Crippen molar-refractivity contribution in [3.8, 4) is 33.8 Å². The Bertz CT molecular complexity index is 2400. The first kappa shape index (κ1) is 40.4. The van der Waals surface area contributed by atoms with Crippen LogP contribution in [0, 0.1) is 11.6 Å². The second-order valence-electron chi connectivity index (χ2n) is 10.3. The summed E-state index contributed by atoms with van der Waals surface area (Å²) in [5.41, 5.74) is 2.87. The van der Waals surface area contributed by atoms with Gasteiger partial charge in [0.05, 0.1) is 21.0 Å². The van der Waals surface area contributed by atoms with E-state index in [-0.39, 0.29) is 144 Å². The molecule has 8 rings (SSSR count). The van der Waals surface area contributed by atoms with Gasteiger partial charge in [-0.3, -0.25) is 4.79 Å². The van der Waals surface area contributed by atoms with Crippen molar-refractivity contribution in [2.75, 3.05) is 0 Å². The van der Waals surface area contributed by atoms with Crippen molar-refractivity contribution in [2.24, 2.45) is 0 Å². The van der Waals surface area contributed by atoms with Gasteiger partial charge in [-0.1, -0.05) is 96.0 Å². The largest absolute Gasteiger partial charge is 1.00 e. The third kappa shape index (κ3) is 8.01. The first-order valence-corrected chi connectivity index (χ1v) is 14.9. The summed E-state index contributed by atoms with van der Waals surface area (Å²) in [6.45, 7) is -0.181. The number of para-hydroxylation sites is 4. The smallest absolute Gasteiger partial charge is 1.00 e. The van der Waals surface area contributed by atoms with Gasteiger partial charge >= 0.3 is 103 Å². The number of fused-ring (bicyclic) bond motifs is 7. The number of phenols is 2. The molecule has 0 fully saturated rings. The van der Waals surface area contributed by atoms with E-state index in [0.29, 0.717) is 5.02 Å². The Morgan fingerprint density at radius 3 is 1.70 bits per heavy atom. The van der Waals surface area contributed by atoms with Gasteiger partial charge in [0.25, 0.3) is 6.47 Å². The van der Waals surface area contributed by atoms with Crippen LogP contribution in [0.2, 0.25) is 10.0 Å². The number of benzene rings is 6. The number of rotatable bonds is 3. The number of carbonyl (C=O) groups excluding carboxylic acids is 1. The summed E-state index contributed by atoms with van der Waals surface area (Å²) in [6.07, 6.45) is 0. The average molecular weight is 766 g/mol. The quantitative estimate of drug-likeness (QED) is 0.121. The van der Waals surface area contributed by atoms with Crippen LogP contribution in [0.5, 0.6) is 11.5 Å². The molecular formula is C37H22Cl2F2K2O7. The minimum Gasteiger partial charge on any atom is -1.00 e. The molecule has 2 heterocycles. The summed E-state index contributed by atoms with van der Waals surface area (Å²) >= 11 is 12.5. The maximum Gasteiger partial charge on any atom is 1.00 e. The van der Waals surface area contributed by atoms with E-state index in [4.69, 9.17) is 42.1 Å². The molecule has 0 aliphatic rings. The van der Waals surface area contributed by atoms with Crippen molar-refractivity contribution in [3.05, 3.63) is 131 Å². The van der Waals surface area contributed by atoms with Crippen LogP contribution < -0.4 is 108 Å². The number of halogens is 4. The summed E-state index contributed by atoms with van der Waals surface area (Å²) < 4.78 is 41.2. The summed E-state index contributed by atoms with van der Waals surface area (Å²) in [5, 5.41) is 32.7. The Morgan fingerprint density at radius 2 is 1.14 bits per heavy atom. The van der Waals surface area contributed by atoms with Crippen LogP contribution in [0.3, 0.4) is 0 Å². The fraction of sp³-hybridized carbons (Fsp3) is 0. The first-order valence-electron chi connectivity index (χ1n) is 14.1. The third-order valence-electron chi connectivity index (χ3n) is 7.50. The van der Waals surface area contributed by atoms with Gasteiger partial charge in [0.2, 0.25) is 0 Å². The van der Waals surface area contributed by atoms with Gasteiger partial charge in [-0.25, -0.2) is 8.78 Å². The Balaban J connectivity index is 0.000000237. The minimum absolute atomic E-state index is 0. The molecule has 0 amide bonds. The maximum atomic E-state index is 15.0. The second-order valence-corrected chi connectivity index (χ2v) is 11.1. The zero-order chi connectivity index (χ0) is 33.9. The zero-order valence-corrected chi connectivity index (χ0v) is 34.2. The van der Waals surface area contributed by atoms with Crippen molar-refractivity contribution < 1.29 is 147 Å².